The molecule has 6 nitrogen and oxygen atoms in total. The number of aromatic nitrogens is 3. The van der Waals surface area contributed by atoms with E-state index in [0.29, 0.717) is 31.0 Å². The van der Waals surface area contributed by atoms with Gasteiger partial charge in [0.1, 0.15) is 5.82 Å². The molecule has 0 N–H and O–H groups in total. The van der Waals surface area contributed by atoms with Gasteiger partial charge in [-0.25, -0.2) is 9.97 Å². The summed E-state index contributed by atoms with van der Waals surface area (Å²) in [6.45, 7) is 6.52. The first kappa shape index (κ1) is 24.6. The maximum absolute atomic E-state index is 13.1. The Morgan fingerprint density at radius 2 is 1.84 bits per heavy atom. The van der Waals surface area contributed by atoms with Gasteiger partial charge in [0.15, 0.2) is 5.78 Å². The first-order valence-corrected chi connectivity index (χ1v) is 13.3. The van der Waals surface area contributed by atoms with Gasteiger partial charge in [0, 0.05) is 73.8 Å². The Morgan fingerprint density at radius 3 is 2.58 bits per heavy atom. The standard InChI is InChI=1S/C32H33N5O/c1-21-6-7-24(15-27(21)17-31-34-14-12-28(35-31)26-5-4-13-33-18-26)16-30(38)25-10-8-23(9-11-25)19-37-22(2)32-29(37)20-36(32)3/h4-15,18,22,29,32H,16-17,19-20H2,1-3H3. The fourth-order valence-corrected chi connectivity index (χ4v) is 5.98. The Morgan fingerprint density at radius 1 is 1.03 bits per heavy atom. The Hall–Kier alpha value is -3.74. The summed E-state index contributed by atoms with van der Waals surface area (Å²) >= 11 is 0. The van der Waals surface area contributed by atoms with Gasteiger partial charge in [0.25, 0.3) is 0 Å². The van der Waals surface area contributed by atoms with E-state index in [4.69, 9.17) is 4.98 Å². The predicted octanol–water partition coefficient (Wildman–Crippen LogP) is 4.75. The van der Waals surface area contributed by atoms with Crippen LogP contribution in [0.25, 0.3) is 11.3 Å². The number of piperazine rings is 1. The number of fused-ring (bicyclic) bond motifs is 1. The van der Waals surface area contributed by atoms with E-state index in [2.05, 4.69) is 71.0 Å². The molecule has 0 amide bonds. The lowest BCUT2D eigenvalue weighted by Crippen LogP contribution is -2.81. The lowest BCUT2D eigenvalue weighted by molar-refractivity contribution is -0.158. The quantitative estimate of drug-likeness (QED) is 0.324. The molecule has 38 heavy (non-hydrogen) atoms. The summed E-state index contributed by atoms with van der Waals surface area (Å²) in [6, 6.07) is 22.3. The van der Waals surface area contributed by atoms with Crippen LogP contribution in [0.1, 0.15) is 45.4 Å². The topological polar surface area (TPSA) is 62.2 Å². The molecule has 4 heterocycles. The zero-order chi connectivity index (χ0) is 26.2. The summed E-state index contributed by atoms with van der Waals surface area (Å²) in [5.41, 5.74) is 7.18. The van der Waals surface area contributed by atoms with Crippen LogP contribution in [0, 0.1) is 6.92 Å². The van der Waals surface area contributed by atoms with Crippen LogP contribution in [0.15, 0.2) is 79.3 Å². The van der Waals surface area contributed by atoms with Crippen molar-refractivity contribution in [3.8, 4) is 11.3 Å². The minimum Gasteiger partial charge on any atom is -0.299 e. The maximum atomic E-state index is 13.1. The van der Waals surface area contributed by atoms with Gasteiger partial charge in [0.05, 0.1) is 5.69 Å². The number of hydrogen-bond donors (Lipinski definition) is 0. The van der Waals surface area contributed by atoms with Crippen LogP contribution in [-0.4, -0.2) is 62.3 Å². The highest BCUT2D eigenvalue weighted by Gasteiger charge is 2.54. The number of carbonyl (C=O) groups excluding carboxylic acids is 1. The predicted molar refractivity (Wildman–Crippen MR) is 149 cm³/mol. The third kappa shape index (κ3) is 4.77. The smallest absolute Gasteiger partial charge is 0.167 e. The molecule has 2 saturated heterocycles. The number of nitrogens with zero attached hydrogens (tertiary/aromatic N) is 5. The van der Waals surface area contributed by atoms with Gasteiger partial charge in [-0.3, -0.25) is 19.6 Å². The first-order chi connectivity index (χ1) is 18.5. The summed E-state index contributed by atoms with van der Waals surface area (Å²) in [5, 5.41) is 0. The van der Waals surface area contributed by atoms with Gasteiger partial charge in [-0.2, -0.15) is 0 Å². The van der Waals surface area contributed by atoms with Gasteiger partial charge >= 0.3 is 0 Å². The van der Waals surface area contributed by atoms with Crippen molar-refractivity contribution >= 4 is 5.78 Å². The lowest BCUT2D eigenvalue weighted by atomic mass is 9.78. The van der Waals surface area contributed by atoms with E-state index in [1.165, 1.54) is 11.1 Å². The van der Waals surface area contributed by atoms with Crippen LogP contribution >= 0.6 is 0 Å². The third-order valence-corrected chi connectivity index (χ3v) is 8.25. The van der Waals surface area contributed by atoms with Crippen molar-refractivity contribution in [1.82, 2.24) is 24.8 Å². The minimum atomic E-state index is 0.138. The van der Waals surface area contributed by atoms with E-state index in [9.17, 15) is 4.79 Å². The van der Waals surface area contributed by atoms with Crippen LogP contribution in [0.5, 0.6) is 0 Å². The first-order valence-electron chi connectivity index (χ1n) is 13.3. The number of pyridine rings is 1. The van der Waals surface area contributed by atoms with Gasteiger partial charge in [-0.1, -0.05) is 42.5 Å². The fourth-order valence-electron chi connectivity index (χ4n) is 5.98. The SMILES string of the molecule is Cc1ccc(CC(=O)c2ccc(CN3C(C)C4C3CN4C)cc2)cc1Cc1nccc(-c2cccnc2)n1. The summed E-state index contributed by atoms with van der Waals surface area (Å²) in [7, 11) is 2.21. The molecule has 0 aliphatic carbocycles. The zero-order valence-electron chi connectivity index (χ0n) is 22.2. The molecule has 2 aliphatic heterocycles. The van der Waals surface area contributed by atoms with Crippen LogP contribution in [0.2, 0.25) is 0 Å². The number of Topliss-reactive ketones (excluding diaryl/α,β-unsaturated/α-hetero) is 1. The van der Waals surface area contributed by atoms with E-state index >= 15 is 0 Å². The van der Waals surface area contributed by atoms with Crippen molar-refractivity contribution in [3.63, 3.8) is 0 Å². The second kappa shape index (κ2) is 10.2. The molecule has 0 spiro atoms. The van der Waals surface area contributed by atoms with Gasteiger partial charge in [-0.05, 0) is 61.3 Å². The highest BCUT2D eigenvalue weighted by Crippen LogP contribution is 2.38. The third-order valence-electron chi connectivity index (χ3n) is 8.25. The molecule has 0 radical (unpaired) electrons. The maximum Gasteiger partial charge on any atom is 0.167 e. The van der Waals surface area contributed by atoms with Crippen LogP contribution in [0.4, 0.5) is 0 Å². The Bertz CT molecular complexity index is 1450. The largest absolute Gasteiger partial charge is 0.299 e. The summed E-state index contributed by atoms with van der Waals surface area (Å²) in [5.74, 6) is 0.893. The molecule has 4 aromatic rings. The number of likely N-dealkylation sites (N-methyl/N-ethyl adjacent to an activating group) is 1. The van der Waals surface area contributed by atoms with Gasteiger partial charge in [-0.15, -0.1) is 0 Å². The molecule has 0 saturated carbocycles. The zero-order valence-corrected chi connectivity index (χ0v) is 22.2. The molecule has 192 valence electrons. The van der Waals surface area contributed by atoms with Crippen molar-refractivity contribution in [2.75, 3.05) is 13.6 Å². The molecule has 2 aromatic carbocycles. The van der Waals surface area contributed by atoms with Gasteiger partial charge < -0.3 is 0 Å². The highest BCUT2D eigenvalue weighted by molar-refractivity contribution is 5.97. The minimum absolute atomic E-state index is 0.138. The molecule has 3 unspecified atom stereocenters. The van der Waals surface area contributed by atoms with Crippen molar-refractivity contribution < 1.29 is 4.79 Å². The summed E-state index contributed by atoms with van der Waals surface area (Å²) < 4.78 is 0. The summed E-state index contributed by atoms with van der Waals surface area (Å²) in [4.78, 5) is 31.6. The van der Waals surface area contributed by atoms with E-state index in [1.807, 2.05) is 36.5 Å². The van der Waals surface area contributed by atoms with Crippen LogP contribution < -0.4 is 0 Å². The second-order valence-electron chi connectivity index (χ2n) is 10.7. The molecule has 3 atom stereocenters. The van der Waals surface area contributed by atoms with Crippen LogP contribution in [-0.2, 0) is 19.4 Å². The average molecular weight is 504 g/mol. The lowest BCUT2D eigenvalue weighted by Gasteiger charge is -2.65. The number of likely N-dealkylation sites (tertiary alicyclic amines) is 2. The average Bonchev–Trinajstić information content (AvgIpc) is 2.93. The number of benzene rings is 2. The van der Waals surface area contributed by atoms with Crippen molar-refractivity contribution in [3.05, 3.63) is 113 Å². The van der Waals surface area contributed by atoms with E-state index in [-0.39, 0.29) is 5.78 Å². The van der Waals surface area contributed by atoms with Crippen molar-refractivity contribution in [2.24, 2.45) is 0 Å². The Labute approximate surface area is 224 Å². The number of hydrogen-bond acceptors (Lipinski definition) is 6. The molecule has 2 fully saturated rings. The van der Waals surface area contributed by atoms with E-state index in [0.717, 1.165) is 46.9 Å². The molecular weight excluding hydrogens is 470 g/mol. The Kier molecular flexibility index (Phi) is 6.60. The second-order valence-corrected chi connectivity index (χ2v) is 10.7. The molecular formula is C32H33N5O. The molecule has 6 heteroatoms. The molecule has 2 aliphatic rings. The number of rotatable bonds is 8. The van der Waals surface area contributed by atoms with Crippen molar-refractivity contribution in [1.29, 1.82) is 0 Å². The van der Waals surface area contributed by atoms with E-state index in [1.54, 1.807) is 12.4 Å². The summed E-state index contributed by atoms with van der Waals surface area (Å²) in [6.07, 6.45) is 6.35. The number of ketones is 1. The van der Waals surface area contributed by atoms with Crippen molar-refractivity contribution in [2.45, 2.75) is 51.4 Å². The monoisotopic (exact) mass is 503 g/mol. The fraction of sp³-hybridized carbons (Fsp3) is 0.312. The van der Waals surface area contributed by atoms with Crippen LogP contribution in [0.3, 0.4) is 0 Å². The highest BCUT2D eigenvalue weighted by atomic mass is 16.1. The number of carbonyl (C=O) groups is 1. The normalized spacial score (nSPS) is 20.9. The molecule has 0 bridgehead atoms. The number of aryl methyl sites for hydroxylation is 1. The molecule has 6 rings (SSSR count). The van der Waals surface area contributed by atoms with Gasteiger partial charge in [0.2, 0.25) is 0 Å². The van der Waals surface area contributed by atoms with E-state index < -0.39 is 0 Å². The Balaban J connectivity index is 1.11. The molecule has 2 aromatic heterocycles.